The Labute approximate surface area is 177 Å². The van der Waals surface area contributed by atoms with Gasteiger partial charge in [0.2, 0.25) is 10.0 Å². The number of aliphatic hydroxyl groups excluding tert-OH is 1. The maximum atomic E-state index is 13.1. The molecule has 1 saturated heterocycles. The zero-order chi connectivity index (χ0) is 21.7. The van der Waals surface area contributed by atoms with Crippen LogP contribution in [0.4, 0.5) is 4.39 Å². The van der Waals surface area contributed by atoms with Gasteiger partial charge in [-0.1, -0.05) is 6.07 Å². The Balaban J connectivity index is 1.52. The number of sulfonamides is 1. The molecule has 1 N–H and O–H groups in total. The van der Waals surface area contributed by atoms with Crippen LogP contribution >= 0.6 is 0 Å². The van der Waals surface area contributed by atoms with Gasteiger partial charge in [-0.25, -0.2) is 12.8 Å². The highest BCUT2D eigenvalue weighted by Gasteiger charge is 2.27. The molecule has 6 nitrogen and oxygen atoms in total. The van der Waals surface area contributed by atoms with E-state index >= 15 is 0 Å². The van der Waals surface area contributed by atoms with Crippen LogP contribution in [-0.4, -0.2) is 68.2 Å². The lowest BCUT2D eigenvalue weighted by Crippen LogP contribution is -2.39. The van der Waals surface area contributed by atoms with Gasteiger partial charge in [0, 0.05) is 26.2 Å². The lowest BCUT2D eigenvalue weighted by atomic mass is 10.1. The van der Waals surface area contributed by atoms with Crippen LogP contribution in [0.2, 0.25) is 0 Å². The van der Waals surface area contributed by atoms with Gasteiger partial charge in [-0.2, -0.15) is 4.31 Å². The summed E-state index contributed by atoms with van der Waals surface area (Å²) in [4.78, 5) is 2.15. The normalized spacial score (nSPS) is 17.5. The summed E-state index contributed by atoms with van der Waals surface area (Å²) in [7, 11) is -3.66. The maximum Gasteiger partial charge on any atom is 0.243 e. The van der Waals surface area contributed by atoms with Gasteiger partial charge < -0.3 is 9.84 Å². The Morgan fingerprint density at radius 3 is 2.37 bits per heavy atom. The smallest absolute Gasteiger partial charge is 0.243 e. The lowest BCUT2D eigenvalue weighted by molar-refractivity contribution is 0.0699. The van der Waals surface area contributed by atoms with Crippen molar-refractivity contribution in [2.24, 2.45) is 0 Å². The molecule has 3 rings (SSSR count). The second-order valence-electron chi connectivity index (χ2n) is 7.80. The van der Waals surface area contributed by atoms with Crippen LogP contribution in [0.3, 0.4) is 0 Å². The van der Waals surface area contributed by atoms with Gasteiger partial charge in [0.15, 0.2) is 0 Å². The number of aliphatic hydroxyl groups is 1. The summed E-state index contributed by atoms with van der Waals surface area (Å²) < 4.78 is 45.9. The average molecular weight is 437 g/mol. The van der Waals surface area contributed by atoms with E-state index in [1.807, 2.05) is 26.0 Å². The third-order valence-electron chi connectivity index (χ3n) is 5.11. The van der Waals surface area contributed by atoms with Crippen molar-refractivity contribution in [1.82, 2.24) is 9.21 Å². The molecule has 0 aromatic heterocycles. The standard InChI is InChI=1S/C22H29FN2O4S/c1-17-12-18(2)14-21(13-17)29-16-20(26)15-24-8-3-9-25(11-10-24)30(27,28)22-6-4-19(23)5-7-22/h4-7,12-14,20,26H,3,8-11,15-16H2,1-2H3. The minimum atomic E-state index is -3.66. The molecular weight excluding hydrogens is 407 g/mol. The largest absolute Gasteiger partial charge is 0.491 e. The lowest BCUT2D eigenvalue weighted by Gasteiger charge is -2.24. The van der Waals surface area contributed by atoms with Crippen molar-refractivity contribution >= 4 is 10.0 Å². The van der Waals surface area contributed by atoms with Crippen LogP contribution in [0.15, 0.2) is 47.4 Å². The van der Waals surface area contributed by atoms with Crippen molar-refractivity contribution in [3.8, 4) is 5.75 Å². The van der Waals surface area contributed by atoms with Gasteiger partial charge in [0.1, 0.15) is 24.3 Å². The molecule has 0 spiro atoms. The maximum absolute atomic E-state index is 13.1. The summed E-state index contributed by atoms with van der Waals surface area (Å²) in [6, 6.07) is 10.8. The molecule has 30 heavy (non-hydrogen) atoms. The molecule has 8 heteroatoms. The summed E-state index contributed by atoms with van der Waals surface area (Å²) in [6.45, 7) is 6.51. The van der Waals surface area contributed by atoms with Gasteiger partial charge in [0.25, 0.3) is 0 Å². The molecule has 0 bridgehead atoms. The summed E-state index contributed by atoms with van der Waals surface area (Å²) in [5.74, 6) is 0.270. The van der Waals surface area contributed by atoms with Crippen molar-refractivity contribution < 1.29 is 22.7 Å². The molecule has 0 saturated carbocycles. The predicted octanol–water partition coefficient (Wildman–Crippen LogP) is 2.58. The van der Waals surface area contributed by atoms with E-state index in [1.54, 1.807) is 0 Å². The SMILES string of the molecule is Cc1cc(C)cc(OCC(O)CN2CCCN(S(=O)(=O)c3ccc(F)cc3)CC2)c1. The van der Waals surface area contributed by atoms with Gasteiger partial charge in [-0.3, -0.25) is 4.90 Å². The Hall–Kier alpha value is -2.00. The number of halogens is 1. The highest BCUT2D eigenvalue weighted by molar-refractivity contribution is 7.89. The van der Waals surface area contributed by atoms with E-state index in [2.05, 4.69) is 11.0 Å². The highest BCUT2D eigenvalue weighted by atomic mass is 32.2. The van der Waals surface area contributed by atoms with E-state index < -0.39 is 21.9 Å². The van der Waals surface area contributed by atoms with Crippen LogP contribution < -0.4 is 4.74 Å². The summed E-state index contributed by atoms with van der Waals surface area (Å²) in [6.07, 6.45) is -0.0171. The van der Waals surface area contributed by atoms with E-state index in [0.717, 1.165) is 29.0 Å². The third-order valence-corrected chi connectivity index (χ3v) is 7.02. The first-order chi connectivity index (χ1) is 14.2. The Kier molecular flexibility index (Phi) is 7.46. The zero-order valence-corrected chi connectivity index (χ0v) is 18.2. The van der Waals surface area contributed by atoms with E-state index in [-0.39, 0.29) is 11.5 Å². The monoisotopic (exact) mass is 436 g/mol. The third kappa shape index (κ3) is 6.01. The van der Waals surface area contributed by atoms with Crippen LogP contribution in [0, 0.1) is 19.7 Å². The fourth-order valence-electron chi connectivity index (χ4n) is 3.69. The molecule has 0 aliphatic carbocycles. The Morgan fingerprint density at radius 2 is 1.70 bits per heavy atom. The van der Waals surface area contributed by atoms with Crippen LogP contribution in [-0.2, 0) is 10.0 Å². The van der Waals surface area contributed by atoms with E-state index in [1.165, 1.54) is 16.4 Å². The molecule has 0 amide bonds. The quantitative estimate of drug-likeness (QED) is 0.723. The molecule has 1 fully saturated rings. The molecule has 1 aliphatic heterocycles. The fraction of sp³-hybridized carbons (Fsp3) is 0.455. The fourth-order valence-corrected chi connectivity index (χ4v) is 5.15. The first-order valence-electron chi connectivity index (χ1n) is 10.1. The van der Waals surface area contributed by atoms with Crippen LogP contribution in [0.1, 0.15) is 17.5 Å². The summed E-state index contributed by atoms with van der Waals surface area (Å²) in [5, 5.41) is 10.4. The second kappa shape index (κ2) is 9.87. The molecule has 1 unspecified atom stereocenters. The van der Waals surface area contributed by atoms with Crippen LogP contribution in [0.25, 0.3) is 0 Å². The number of benzene rings is 2. The van der Waals surface area contributed by atoms with Crippen molar-refractivity contribution in [1.29, 1.82) is 0 Å². The second-order valence-corrected chi connectivity index (χ2v) is 9.74. The van der Waals surface area contributed by atoms with Crippen molar-refractivity contribution in [3.05, 3.63) is 59.4 Å². The number of nitrogens with zero attached hydrogens (tertiary/aromatic N) is 2. The molecule has 2 aromatic rings. The molecular formula is C22H29FN2O4S. The first-order valence-corrected chi connectivity index (χ1v) is 11.6. The molecule has 2 aromatic carbocycles. The van der Waals surface area contributed by atoms with Gasteiger partial charge in [-0.15, -0.1) is 0 Å². The molecule has 164 valence electrons. The van der Waals surface area contributed by atoms with E-state index in [9.17, 15) is 17.9 Å². The zero-order valence-electron chi connectivity index (χ0n) is 17.4. The van der Waals surface area contributed by atoms with Gasteiger partial charge in [0.05, 0.1) is 4.90 Å². The number of hydrogen-bond donors (Lipinski definition) is 1. The average Bonchev–Trinajstić information content (AvgIpc) is 2.92. The minimum absolute atomic E-state index is 0.0965. The van der Waals surface area contributed by atoms with Gasteiger partial charge in [-0.05, 0) is 74.3 Å². The number of aryl methyl sites for hydroxylation is 2. The molecule has 1 heterocycles. The van der Waals surface area contributed by atoms with Gasteiger partial charge >= 0.3 is 0 Å². The number of rotatable bonds is 7. The van der Waals surface area contributed by atoms with Crippen molar-refractivity contribution in [3.63, 3.8) is 0 Å². The first kappa shape index (κ1) is 22.7. The Bertz CT molecular complexity index is 930. The summed E-state index contributed by atoms with van der Waals surface area (Å²) >= 11 is 0. The Morgan fingerprint density at radius 1 is 1.03 bits per heavy atom. The number of β-amino-alcohol motifs (C(OH)–C–C–N with tert-alkyl or cyclic N) is 1. The van der Waals surface area contributed by atoms with E-state index in [4.69, 9.17) is 4.74 Å². The molecule has 1 atom stereocenters. The number of ether oxygens (including phenoxy) is 1. The summed E-state index contributed by atoms with van der Waals surface area (Å²) in [5.41, 5.74) is 2.21. The highest BCUT2D eigenvalue weighted by Crippen LogP contribution is 2.19. The molecule has 0 radical (unpaired) electrons. The molecule has 1 aliphatic rings. The van der Waals surface area contributed by atoms with Crippen LogP contribution in [0.5, 0.6) is 5.75 Å². The topological polar surface area (TPSA) is 70.1 Å². The van der Waals surface area contributed by atoms with Crippen molar-refractivity contribution in [2.75, 3.05) is 39.3 Å². The minimum Gasteiger partial charge on any atom is -0.491 e. The number of hydrogen-bond acceptors (Lipinski definition) is 5. The predicted molar refractivity (Wildman–Crippen MR) is 114 cm³/mol. The van der Waals surface area contributed by atoms with Crippen molar-refractivity contribution in [2.45, 2.75) is 31.3 Å². The van der Waals surface area contributed by atoms with E-state index in [0.29, 0.717) is 39.1 Å².